The molecule has 0 aromatic heterocycles. The van der Waals surface area contributed by atoms with Gasteiger partial charge in [0.25, 0.3) is 0 Å². The second-order valence-electron chi connectivity index (χ2n) is 12.6. The largest absolute Gasteiger partial charge is 0.460 e. The Labute approximate surface area is 240 Å². The zero-order valence-corrected chi connectivity index (χ0v) is 24.0. The third-order valence-corrected chi connectivity index (χ3v) is 9.97. The minimum Gasteiger partial charge on any atom is -0.353 e. The zero-order chi connectivity index (χ0) is 33.3. The summed E-state index contributed by atoms with van der Waals surface area (Å²) in [7, 11) is 0. The van der Waals surface area contributed by atoms with Crippen LogP contribution in [-0.4, -0.2) is 54.5 Å². The third kappa shape index (κ3) is 5.04. The van der Waals surface area contributed by atoms with E-state index in [1.54, 1.807) is 13.8 Å². The average Bonchev–Trinajstić information content (AvgIpc) is 2.82. The summed E-state index contributed by atoms with van der Waals surface area (Å²) in [5.74, 6) is -33.0. The topological polar surface area (TPSA) is 18.5 Å². The van der Waals surface area contributed by atoms with Crippen molar-refractivity contribution < 1.29 is 70.9 Å². The molecule has 5 atom stereocenters. The van der Waals surface area contributed by atoms with Crippen molar-refractivity contribution in [2.45, 2.75) is 133 Å². The van der Waals surface area contributed by atoms with Gasteiger partial charge in [0, 0.05) is 12.0 Å². The fourth-order valence-electron chi connectivity index (χ4n) is 8.90. The number of hydrogen-bond acceptors (Lipinski definition) is 2. The summed E-state index contributed by atoms with van der Waals surface area (Å²) in [4.78, 5) is 0. The van der Waals surface area contributed by atoms with Gasteiger partial charge in [-0.25, -0.2) is 0 Å². The molecule has 0 saturated heterocycles. The van der Waals surface area contributed by atoms with Crippen LogP contribution in [0.1, 0.15) is 85.5 Å². The maximum atomic E-state index is 16.3. The van der Waals surface area contributed by atoms with E-state index in [1.165, 1.54) is 0 Å². The van der Waals surface area contributed by atoms with E-state index < -0.39 is 96.5 Å². The molecule has 4 bridgehead atoms. The lowest BCUT2D eigenvalue weighted by Gasteiger charge is -2.69. The predicted octanol–water partition coefficient (Wildman–Crippen LogP) is 10.2. The predicted molar refractivity (Wildman–Crippen MR) is 125 cm³/mol. The first-order chi connectivity index (χ1) is 19.3. The summed E-state index contributed by atoms with van der Waals surface area (Å²) in [5.41, 5.74) is -9.85. The fourth-order valence-corrected chi connectivity index (χ4v) is 8.90. The molecule has 16 heteroatoms. The Morgan fingerprint density at radius 3 is 1.56 bits per heavy atom. The van der Waals surface area contributed by atoms with Crippen molar-refractivity contribution in [3.8, 4) is 0 Å². The molecule has 254 valence electrons. The summed E-state index contributed by atoms with van der Waals surface area (Å²) >= 11 is 0. The molecule has 4 aliphatic rings. The van der Waals surface area contributed by atoms with Crippen LogP contribution in [0.3, 0.4) is 0 Å². The first-order valence-electron chi connectivity index (χ1n) is 14.2. The smallest absolute Gasteiger partial charge is 0.353 e. The van der Waals surface area contributed by atoms with Crippen molar-refractivity contribution in [2.75, 3.05) is 6.61 Å². The summed E-state index contributed by atoms with van der Waals surface area (Å²) in [6.07, 6.45) is -17.2. The molecule has 0 heterocycles. The molecule has 43 heavy (non-hydrogen) atoms. The number of hydrogen-bond donors (Lipinski definition) is 0. The summed E-state index contributed by atoms with van der Waals surface area (Å²) in [6.45, 7) is 4.71. The molecule has 0 aliphatic heterocycles. The van der Waals surface area contributed by atoms with E-state index in [9.17, 15) is 30.7 Å². The van der Waals surface area contributed by atoms with Gasteiger partial charge in [-0.2, -0.15) is 61.5 Å². The molecule has 0 spiro atoms. The van der Waals surface area contributed by atoms with Crippen LogP contribution in [0, 0.1) is 28.6 Å². The van der Waals surface area contributed by atoms with E-state index in [4.69, 9.17) is 4.74 Å². The molecule has 4 fully saturated rings. The molecule has 5 unspecified atom stereocenters. The second kappa shape index (κ2) is 11.0. The van der Waals surface area contributed by atoms with Gasteiger partial charge in [0.1, 0.15) is 0 Å². The van der Waals surface area contributed by atoms with Crippen LogP contribution in [0.5, 0.6) is 0 Å². The van der Waals surface area contributed by atoms with Gasteiger partial charge in [0.05, 0.1) is 0 Å². The van der Waals surface area contributed by atoms with E-state index in [1.807, 2.05) is 0 Å². The Hall–Kier alpha value is -1.06. The van der Waals surface area contributed by atoms with Gasteiger partial charge in [0.2, 0.25) is 5.60 Å². The molecular formula is C27H36F14O2. The van der Waals surface area contributed by atoms with Crippen molar-refractivity contribution in [3.63, 3.8) is 0 Å². The Balaban J connectivity index is 2.40. The van der Waals surface area contributed by atoms with Crippen LogP contribution in [0.15, 0.2) is 0 Å². The Morgan fingerprint density at radius 1 is 0.674 bits per heavy atom. The number of ether oxygens (including phenoxy) is 2. The van der Waals surface area contributed by atoms with Crippen LogP contribution in [0.25, 0.3) is 0 Å². The van der Waals surface area contributed by atoms with Crippen molar-refractivity contribution in [1.29, 1.82) is 0 Å². The van der Waals surface area contributed by atoms with Crippen molar-refractivity contribution >= 4 is 0 Å². The maximum Gasteiger partial charge on any atom is 0.460 e. The molecule has 0 amide bonds. The molecule has 4 saturated carbocycles. The van der Waals surface area contributed by atoms with Gasteiger partial charge in [-0.05, 0) is 75.5 Å². The molecule has 0 radical (unpaired) electrons. The average molecular weight is 659 g/mol. The molecular weight excluding hydrogens is 622 g/mol. The molecule has 4 aliphatic carbocycles. The molecule has 2 nitrogen and oxygen atoms in total. The fraction of sp³-hybridized carbons (Fsp3) is 1.00. The molecule has 0 aromatic carbocycles. The summed E-state index contributed by atoms with van der Waals surface area (Å²) in [6, 6.07) is 0. The second-order valence-corrected chi connectivity index (χ2v) is 12.6. The first kappa shape index (κ1) is 36.4. The van der Waals surface area contributed by atoms with Gasteiger partial charge in [0.15, 0.2) is 6.29 Å². The van der Waals surface area contributed by atoms with E-state index in [2.05, 4.69) is 4.74 Å². The Kier molecular flexibility index (Phi) is 9.34. The number of halogens is 14. The quantitative estimate of drug-likeness (QED) is 0.145. The lowest BCUT2D eigenvalue weighted by Crippen LogP contribution is -2.81. The van der Waals surface area contributed by atoms with E-state index in [0.717, 1.165) is 6.92 Å². The minimum atomic E-state index is -8.02. The Bertz CT molecular complexity index is 977. The van der Waals surface area contributed by atoms with E-state index >= 15 is 30.7 Å². The highest BCUT2D eigenvalue weighted by Crippen LogP contribution is 2.77. The highest BCUT2D eigenvalue weighted by molar-refractivity contribution is 5.25. The number of alkyl halides is 14. The van der Waals surface area contributed by atoms with Crippen LogP contribution < -0.4 is 0 Å². The zero-order valence-electron chi connectivity index (χ0n) is 24.0. The van der Waals surface area contributed by atoms with Crippen LogP contribution in [0.4, 0.5) is 61.5 Å². The van der Waals surface area contributed by atoms with Gasteiger partial charge in [-0.3, -0.25) is 0 Å². The standard InChI is InChI=1S/C27H36F14O2/c1-5-8-18(6-2)19-10-16-9-17(11-19)13-20(12-16,14-19)21(26(36,37)38,43-15(4)42-7-3)22(28,29)23(30,31)24(32,33)25(34,35)27(39,40)41/h15-18H,5-14H2,1-4H3. The SMILES string of the molecule is CCCC(CC)C12CC3CC(C1)CC(C(OC(C)OCC)(C(F)(F)F)C(F)(F)C(F)(F)C(F)(F)C(F)(F)C(F)(F)F)(C3)C2. The highest BCUT2D eigenvalue weighted by Gasteiger charge is 2.95. The number of rotatable bonds is 13. The monoisotopic (exact) mass is 658 g/mol. The van der Waals surface area contributed by atoms with Gasteiger partial charge >= 0.3 is 36.0 Å². The van der Waals surface area contributed by atoms with Crippen molar-refractivity contribution in [2.24, 2.45) is 28.6 Å². The van der Waals surface area contributed by atoms with Gasteiger partial charge in [-0.1, -0.05) is 33.1 Å². The lowest BCUT2D eigenvalue weighted by molar-refractivity contribution is -0.488. The summed E-state index contributed by atoms with van der Waals surface area (Å²) < 4.78 is 214. The van der Waals surface area contributed by atoms with Crippen LogP contribution >= 0.6 is 0 Å². The molecule has 0 aromatic rings. The van der Waals surface area contributed by atoms with Crippen LogP contribution in [0.2, 0.25) is 0 Å². The molecule has 0 N–H and O–H groups in total. The minimum absolute atomic E-state index is 0.227. The maximum absolute atomic E-state index is 16.3. The van der Waals surface area contributed by atoms with Gasteiger partial charge in [-0.15, -0.1) is 0 Å². The highest BCUT2D eigenvalue weighted by atomic mass is 19.4. The van der Waals surface area contributed by atoms with Crippen molar-refractivity contribution in [1.82, 2.24) is 0 Å². The van der Waals surface area contributed by atoms with E-state index in [0.29, 0.717) is 26.2 Å². The summed E-state index contributed by atoms with van der Waals surface area (Å²) in [5, 5.41) is 0. The van der Waals surface area contributed by atoms with Crippen molar-refractivity contribution in [3.05, 3.63) is 0 Å². The van der Waals surface area contributed by atoms with Crippen LogP contribution in [-0.2, 0) is 9.47 Å². The molecule has 4 rings (SSSR count). The normalized spacial score (nSPS) is 31.7. The van der Waals surface area contributed by atoms with Gasteiger partial charge < -0.3 is 9.47 Å². The lowest BCUT2D eigenvalue weighted by atomic mass is 9.37. The third-order valence-electron chi connectivity index (χ3n) is 9.97. The van der Waals surface area contributed by atoms with E-state index in [-0.39, 0.29) is 25.2 Å². The Morgan fingerprint density at radius 2 is 1.16 bits per heavy atom. The first-order valence-corrected chi connectivity index (χ1v) is 14.2.